The summed E-state index contributed by atoms with van der Waals surface area (Å²) in [5.41, 5.74) is 2.47. The fourth-order valence-electron chi connectivity index (χ4n) is 2.24. The summed E-state index contributed by atoms with van der Waals surface area (Å²) in [6.45, 7) is 5.28. The summed E-state index contributed by atoms with van der Waals surface area (Å²) >= 11 is 3.60. The van der Waals surface area contributed by atoms with E-state index in [0.29, 0.717) is 0 Å². The molecule has 1 N–H and O–H groups in total. The highest BCUT2D eigenvalue weighted by Gasteiger charge is 2.17. The van der Waals surface area contributed by atoms with Crippen LogP contribution in [-0.2, 0) is 6.54 Å². The lowest BCUT2D eigenvalue weighted by Gasteiger charge is -2.18. The standard InChI is InChI=1S/C15H20BrN3/c1-4-8-19-9-7-18-15(19)14(17-3)12-6-5-11(2)13(16)10-12/h5-7,9-10,14,17H,4,8H2,1-3H3. The van der Waals surface area contributed by atoms with Crippen LogP contribution >= 0.6 is 15.9 Å². The Balaban J connectivity index is 2.38. The molecule has 0 saturated heterocycles. The molecule has 3 nitrogen and oxygen atoms in total. The molecule has 0 radical (unpaired) electrons. The molecule has 2 rings (SSSR count). The zero-order chi connectivity index (χ0) is 13.8. The fourth-order valence-corrected chi connectivity index (χ4v) is 2.64. The van der Waals surface area contributed by atoms with Crippen LogP contribution in [0.4, 0.5) is 0 Å². The van der Waals surface area contributed by atoms with Crippen LogP contribution in [0.3, 0.4) is 0 Å². The van der Waals surface area contributed by atoms with Crippen molar-refractivity contribution >= 4 is 15.9 Å². The lowest BCUT2D eigenvalue weighted by Crippen LogP contribution is -2.22. The molecule has 0 aliphatic rings. The van der Waals surface area contributed by atoms with E-state index < -0.39 is 0 Å². The number of nitrogens with zero attached hydrogens (tertiary/aromatic N) is 2. The zero-order valence-corrected chi connectivity index (χ0v) is 13.2. The zero-order valence-electron chi connectivity index (χ0n) is 11.7. The Bertz CT molecular complexity index is 548. The van der Waals surface area contributed by atoms with E-state index in [0.717, 1.165) is 23.3 Å². The number of aromatic nitrogens is 2. The minimum absolute atomic E-state index is 0.124. The van der Waals surface area contributed by atoms with Gasteiger partial charge >= 0.3 is 0 Å². The van der Waals surface area contributed by atoms with E-state index in [1.807, 2.05) is 19.4 Å². The molecule has 0 spiro atoms. The average Bonchev–Trinajstić information content (AvgIpc) is 2.83. The van der Waals surface area contributed by atoms with E-state index in [2.05, 4.69) is 62.8 Å². The van der Waals surface area contributed by atoms with Crippen molar-refractivity contribution in [1.29, 1.82) is 0 Å². The number of hydrogen-bond acceptors (Lipinski definition) is 2. The van der Waals surface area contributed by atoms with Gasteiger partial charge in [0.15, 0.2) is 0 Å². The van der Waals surface area contributed by atoms with E-state index in [4.69, 9.17) is 0 Å². The first kappa shape index (κ1) is 14.3. The number of nitrogens with one attached hydrogen (secondary N) is 1. The van der Waals surface area contributed by atoms with Crippen molar-refractivity contribution in [2.45, 2.75) is 32.9 Å². The predicted octanol–water partition coefficient (Wildman–Crippen LogP) is 3.67. The number of imidazole rings is 1. The largest absolute Gasteiger partial charge is 0.333 e. The summed E-state index contributed by atoms with van der Waals surface area (Å²) in [4.78, 5) is 4.52. The van der Waals surface area contributed by atoms with Crippen molar-refractivity contribution in [3.8, 4) is 0 Å². The lowest BCUT2D eigenvalue weighted by atomic mass is 10.0. The third kappa shape index (κ3) is 3.07. The van der Waals surface area contributed by atoms with Crippen molar-refractivity contribution in [3.63, 3.8) is 0 Å². The van der Waals surface area contributed by atoms with Gasteiger partial charge in [-0.1, -0.05) is 35.0 Å². The van der Waals surface area contributed by atoms with Crippen LogP contribution in [0, 0.1) is 6.92 Å². The Morgan fingerprint density at radius 3 is 2.84 bits per heavy atom. The second-order valence-corrected chi connectivity index (χ2v) is 5.56. The first-order chi connectivity index (χ1) is 9.17. The molecule has 1 aromatic carbocycles. The summed E-state index contributed by atoms with van der Waals surface area (Å²) in [5.74, 6) is 1.07. The molecule has 0 aliphatic carbocycles. The highest BCUT2D eigenvalue weighted by atomic mass is 79.9. The topological polar surface area (TPSA) is 29.9 Å². The molecule has 1 atom stereocenters. The Morgan fingerprint density at radius 2 is 2.21 bits per heavy atom. The van der Waals surface area contributed by atoms with E-state index in [-0.39, 0.29) is 6.04 Å². The van der Waals surface area contributed by atoms with E-state index in [1.54, 1.807) is 0 Å². The highest BCUT2D eigenvalue weighted by molar-refractivity contribution is 9.10. The normalized spacial score (nSPS) is 12.6. The van der Waals surface area contributed by atoms with Gasteiger partial charge < -0.3 is 9.88 Å². The first-order valence-corrected chi connectivity index (χ1v) is 7.41. The number of halogens is 1. The molecule has 1 unspecified atom stereocenters. The molecule has 0 aliphatic heterocycles. The van der Waals surface area contributed by atoms with Crippen molar-refractivity contribution in [3.05, 3.63) is 52.0 Å². The minimum atomic E-state index is 0.124. The number of rotatable bonds is 5. The molecule has 2 aromatic rings. The molecule has 1 heterocycles. The third-order valence-corrected chi connectivity index (χ3v) is 4.14. The molecular weight excluding hydrogens is 302 g/mol. The van der Waals surface area contributed by atoms with Gasteiger partial charge in [0.2, 0.25) is 0 Å². The third-order valence-electron chi connectivity index (χ3n) is 3.29. The number of aryl methyl sites for hydroxylation is 2. The molecule has 0 bridgehead atoms. The molecule has 4 heteroatoms. The van der Waals surface area contributed by atoms with E-state index >= 15 is 0 Å². The highest BCUT2D eigenvalue weighted by Crippen LogP contribution is 2.25. The summed E-state index contributed by atoms with van der Waals surface area (Å²) < 4.78 is 3.36. The molecular formula is C15H20BrN3. The van der Waals surface area contributed by atoms with Gasteiger partial charge in [0.05, 0.1) is 6.04 Å². The van der Waals surface area contributed by atoms with Crippen LogP contribution < -0.4 is 5.32 Å². The van der Waals surface area contributed by atoms with Gasteiger partial charge in [0.25, 0.3) is 0 Å². The van der Waals surface area contributed by atoms with Crippen LogP contribution in [-0.4, -0.2) is 16.6 Å². The Morgan fingerprint density at radius 1 is 1.42 bits per heavy atom. The lowest BCUT2D eigenvalue weighted by molar-refractivity contribution is 0.568. The predicted molar refractivity (Wildman–Crippen MR) is 82.3 cm³/mol. The van der Waals surface area contributed by atoms with Gasteiger partial charge in [-0.05, 0) is 37.6 Å². The molecule has 1 aromatic heterocycles. The van der Waals surface area contributed by atoms with Crippen LogP contribution in [0.15, 0.2) is 35.1 Å². The maximum Gasteiger partial charge on any atom is 0.130 e. The Kier molecular flexibility index (Phi) is 4.77. The van der Waals surface area contributed by atoms with E-state index in [9.17, 15) is 0 Å². The SMILES string of the molecule is CCCn1ccnc1C(NC)c1ccc(C)c(Br)c1. The van der Waals surface area contributed by atoms with Crippen molar-refractivity contribution in [2.24, 2.45) is 0 Å². The Labute approximate surface area is 123 Å². The minimum Gasteiger partial charge on any atom is -0.333 e. The van der Waals surface area contributed by atoms with Crippen molar-refractivity contribution < 1.29 is 0 Å². The number of benzene rings is 1. The van der Waals surface area contributed by atoms with Crippen LogP contribution in [0.25, 0.3) is 0 Å². The maximum atomic E-state index is 4.52. The molecule has 0 fully saturated rings. The molecule has 102 valence electrons. The quantitative estimate of drug-likeness (QED) is 0.910. The summed E-state index contributed by atoms with van der Waals surface area (Å²) in [6, 6.07) is 6.59. The molecule has 0 saturated carbocycles. The monoisotopic (exact) mass is 321 g/mol. The number of hydrogen-bond donors (Lipinski definition) is 1. The van der Waals surface area contributed by atoms with Gasteiger partial charge in [0.1, 0.15) is 5.82 Å². The first-order valence-electron chi connectivity index (χ1n) is 6.61. The maximum absolute atomic E-state index is 4.52. The van der Waals surface area contributed by atoms with Gasteiger partial charge in [0, 0.05) is 23.4 Å². The Hall–Kier alpha value is -1.13. The van der Waals surface area contributed by atoms with Gasteiger partial charge in [-0.15, -0.1) is 0 Å². The molecule has 19 heavy (non-hydrogen) atoms. The van der Waals surface area contributed by atoms with Gasteiger partial charge in [-0.3, -0.25) is 0 Å². The van der Waals surface area contributed by atoms with E-state index in [1.165, 1.54) is 11.1 Å². The average molecular weight is 322 g/mol. The second-order valence-electron chi connectivity index (χ2n) is 4.71. The van der Waals surface area contributed by atoms with Crippen LogP contribution in [0.5, 0.6) is 0 Å². The summed E-state index contributed by atoms with van der Waals surface area (Å²) in [7, 11) is 1.98. The van der Waals surface area contributed by atoms with Crippen molar-refractivity contribution in [2.75, 3.05) is 7.05 Å². The van der Waals surface area contributed by atoms with Gasteiger partial charge in [-0.2, -0.15) is 0 Å². The van der Waals surface area contributed by atoms with Crippen LogP contribution in [0.1, 0.15) is 36.3 Å². The summed E-state index contributed by atoms with van der Waals surface area (Å²) in [5, 5.41) is 3.36. The van der Waals surface area contributed by atoms with Crippen LogP contribution in [0.2, 0.25) is 0 Å². The summed E-state index contributed by atoms with van der Waals surface area (Å²) in [6.07, 6.45) is 5.03. The fraction of sp³-hybridized carbons (Fsp3) is 0.400. The molecule has 0 amide bonds. The van der Waals surface area contributed by atoms with Crippen molar-refractivity contribution in [1.82, 2.24) is 14.9 Å². The van der Waals surface area contributed by atoms with Gasteiger partial charge in [-0.25, -0.2) is 4.98 Å². The second kappa shape index (κ2) is 6.35. The smallest absolute Gasteiger partial charge is 0.130 e.